The van der Waals surface area contributed by atoms with Gasteiger partial charge in [0.05, 0.1) is 6.04 Å². The Morgan fingerprint density at radius 2 is 2.00 bits per heavy atom. The van der Waals surface area contributed by atoms with Crippen LogP contribution in [-0.4, -0.2) is 11.8 Å². The lowest BCUT2D eigenvalue weighted by Crippen LogP contribution is -2.28. The van der Waals surface area contributed by atoms with E-state index in [1.54, 1.807) is 19.1 Å². The number of hydrogen-bond donors (Lipinski definition) is 1. The summed E-state index contributed by atoms with van der Waals surface area (Å²) in [7, 11) is 0. The van der Waals surface area contributed by atoms with Gasteiger partial charge in [0.15, 0.2) is 5.78 Å². The van der Waals surface area contributed by atoms with E-state index in [4.69, 9.17) is 5.73 Å². The highest BCUT2D eigenvalue weighted by Gasteiger charge is 2.07. The van der Waals surface area contributed by atoms with Crippen LogP contribution in [0.3, 0.4) is 0 Å². The minimum Gasteiger partial charge on any atom is -0.322 e. The second-order valence-corrected chi connectivity index (χ2v) is 3.06. The third-order valence-corrected chi connectivity index (χ3v) is 1.80. The summed E-state index contributed by atoms with van der Waals surface area (Å²) in [5, 5.41) is 0. The van der Waals surface area contributed by atoms with Crippen LogP contribution >= 0.6 is 0 Å². The average Bonchev–Trinajstić information content (AvgIpc) is 2.08. The highest BCUT2D eigenvalue weighted by atomic mass is 19.1. The van der Waals surface area contributed by atoms with Crippen molar-refractivity contribution in [3.8, 4) is 0 Å². The lowest BCUT2D eigenvalue weighted by atomic mass is 10.1. The first-order valence-electron chi connectivity index (χ1n) is 4.12. The van der Waals surface area contributed by atoms with E-state index in [1.165, 1.54) is 12.1 Å². The van der Waals surface area contributed by atoms with E-state index in [9.17, 15) is 9.18 Å². The predicted molar refractivity (Wildman–Crippen MR) is 48.8 cm³/mol. The molecule has 2 N–H and O–H groups in total. The fraction of sp³-hybridized carbons (Fsp3) is 0.300. The molecular weight excluding hydrogens is 169 g/mol. The van der Waals surface area contributed by atoms with Crippen LogP contribution in [0, 0.1) is 5.82 Å². The first kappa shape index (κ1) is 9.86. The van der Waals surface area contributed by atoms with Crippen molar-refractivity contribution in [3.63, 3.8) is 0 Å². The summed E-state index contributed by atoms with van der Waals surface area (Å²) in [5.74, 6) is -0.330. The summed E-state index contributed by atoms with van der Waals surface area (Å²) < 4.78 is 12.5. The van der Waals surface area contributed by atoms with E-state index >= 15 is 0 Å². The molecular formula is C10H12FNO. The van der Waals surface area contributed by atoms with Crippen molar-refractivity contribution < 1.29 is 9.18 Å². The number of nitrogens with two attached hydrogens (primary N) is 1. The van der Waals surface area contributed by atoms with Gasteiger partial charge < -0.3 is 5.73 Å². The molecule has 0 aliphatic carbocycles. The molecule has 1 rings (SSSR count). The molecule has 1 aromatic carbocycles. The van der Waals surface area contributed by atoms with Gasteiger partial charge >= 0.3 is 0 Å². The third kappa shape index (κ3) is 2.95. The van der Waals surface area contributed by atoms with Crippen LogP contribution in [0.4, 0.5) is 4.39 Å². The third-order valence-electron chi connectivity index (χ3n) is 1.80. The van der Waals surface area contributed by atoms with E-state index in [0.717, 1.165) is 5.56 Å². The molecule has 0 saturated heterocycles. The Hall–Kier alpha value is -1.22. The summed E-state index contributed by atoms with van der Waals surface area (Å²) in [6.07, 6.45) is 0.276. The fourth-order valence-electron chi connectivity index (χ4n) is 0.964. The lowest BCUT2D eigenvalue weighted by molar-refractivity contribution is -0.119. The monoisotopic (exact) mass is 181 g/mol. The molecule has 0 aliphatic rings. The van der Waals surface area contributed by atoms with E-state index in [-0.39, 0.29) is 18.0 Å². The maximum absolute atomic E-state index is 12.5. The average molecular weight is 181 g/mol. The molecule has 0 fully saturated rings. The number of carbonyl (C=O) groups is 1. The van der Waals surface area contributed by atoms with Crippen molar-refractivity contribution in [1.29, 1.82) is 0 Å². The van der Waals surface area contributed by atoms with Crippen LogP contribution in [0.25, 0.3) is 0 Å². The predicted octanol–water partition coefficient (Wildman–Crippen LogP) is 1.28. The Kier molecular flexibility index (Phi) is 3.14. The summed E-state index contributed by atoms with van der Waals surface area (Å²) in [6, 6.07) is 5.41. The van der Waals surface area contributed by atoms with Gasteiger partial charge in [-0.25, -0.2) is 4.39 Å². The van der Waals surface area contributed by atoms with Gasteiger partial charge in [-0.2, -0.15) is 0 Å². The van der Waals surface area contributed by atoms with Gasteiger partial charge in [-0.1, -0.05) is 12.1 Å². The molecule has 0 spiro atoms. The Balaban J connectivity index is 2.65. The van der Waals surface area contributed by atoms with Gasteiger partial charge in [-0.05, 0) is 24.6 Å². The van der Waals surface area contributed by atoms with E-state index in [0.29, 0.717) is 0 Å². The first-order chi connectivity index (χ1) is 6.09. The SMILES string of the molecule is CC(N)C(=O)Cc1ccc(F)cc1. The number of Topliss-reactive ketones (excluding diaryl/α,β-unsaturated/α-hetero) is 1. The number of halogens is 1. The molecule has 3 heteroatoms. The molecule has 0 saturated carbocycles. The van der Waals surface area contributed by atoms with Crippen molar-refractivity contribution in [1.82, 2.24) is 0 Å². The number of carbonyl (C=O) groups excluding carboxylic acids is 1. The van der Waals surface area contributed by atoms with Crippen molar-refractivity contribution in [2.45, 2.75) is 19.4 Å². The van der Waals surface area contributed by atoms with E-state index in [2.05, 4.69) is 0 Å². The van der Waals surface area contributed by atoms with E-state index in [1.807, 2.05) is 0 Å². The topological polar surface area (TPSA) is 43.1 Å². The van der Waals surface area contributed by atoms with Crippen LogP contribution in [-0.2, 0) is 11.2 Å². The van der Waals surface area contributed by atoms with Crippen LogP contribution in [0.15, 0.2) is 24.3 Å². The number of ketones is 1. The van der Waals surface area contributed by atoms with Gasteiger partial charge in [0, 0.05) is 6.42 Å². The number of hydrogen-bond acceptors (Lipinski definition) is 2. The zero-order valence-corrected chi connectivity index (χ0v) is 7.46. The molecule has 2 nitrogen and oxygen atoms in total. The lowest BCUT2D eigenvalue weighted by Gasteiger charge is -2.03. The molecule has 1 atom stereocenters. The molecule has 0 aliphatic heterocycles. The smallest absolute Gasteiger partial charge is 0.153 e. The maximum Gasteiger partial charge on any atom is 0.153 e. The minimum absolute atomic E-state index is 0.0355. The number of rotatable bonds is 3. The van der Waals surface area contributed by atoms with Crippen molar-refractivity contribution in [2.75, 3.05) is 0 Å². The maximum atomic E-state index is 12.5. The Bertz CT molecular complexity index is 292. The summed E-state index contributed by atoms with van der Waals surface area (Å²) in [5.41, 5.74) is 6.19. The van der Waals surface area contributed by atoms with Crippen LogP contribution in [0.2, 0.25) is 0 Å². The van der Waals surface area contributed by atoms with Crippen LogP contribution in [0.5, 0.6) is 0 Å². The standard InChI is InChI=1S/C10H12FNO/c1-7(12)10(13)6-8-2-4-9(11)5-3-8/h2-5,7H,6,12H2,1H3. The first-order valence-corrected chi connectivity index (χ1v) is 4.12. The Morgan fingerprint density at radius 3 is 2.46 bits per heavy atom. The van der Waals surface area contributed by atoms with Gasteiger partial charge in [-0.3, -0.25) is 4.79 Å². The van der Waals surface area contributed by atoms with Crippen molar-refractivity contribution in [2.24, 2.45) is 5.73 Å². The molecule has 1 aromatic rings. The number of benzene rings is 1. The highest BCUT2D eigenvalue weighted by Crippen LogP contribution is 2.04. The molecule has 1 unspecified atom stereocenters. The summed E-state index contributed by atoms with van der Waals surface area (Å²) in [4.78, 5) is 11.2. The molecule has 0 heterocycles. The molecule has 0 radical (unpaired) electrons. The summed E-state index contributed by atoms with van der Waals surface area (Å²) >= 11 is 0. The van der Waals surface area contributed by atoms with E-state index < -0.39 is 6.04 Å². The second-order valence-electron chi connectivity index (χ2n) is 3.06. The zero-order chi connectivity index (χ0) is 9.84. The van der Waals surface area contributed by atoms with Crippen molar-refractivity contribution in [3.05, 3.63) is 35.6 Å². The second kappa shape index (κ2) is 4.14. The van der Waals surface area contributed by atoms with Crippen LogP contribution < -0.4 is 5.73 Å². The quantitative estimate of drug-likeness (QED) is 0.763. The highest BCUT2D eigenvalue weighted by molar-refractivity contribution is 5.85. The van der Waals surface area contributed by atoms with Crippen molar-refractivity contribution >= 4 is 5.78 Å². The Morgan fingerprint density at radius 1 is 1.46 bits per heavy atom. The van der Waals surface area contributed by atoms with Gasteiger partial charge in [0.1, 0.15) is 5.82 Å². The normalized spacial score (nSPS) is 12.5. The van der Waals surface area contributed by atoms with Gasteiger partial charge in [-0.15, -0.1) is 0 Å². The van der Waals surface area contributed by atoms with Gasteiger partial charge in [0.25, 0.3) is 0 Å². The molecule has 0 bridgehead atoms. The molecule has 0 amide bonds. The fourth-order valence-corrected chi connectivity index (χ4v) is 0.964. The molecule has 13 heavy (non-hydrogen) atoms. The zero-order valence-electron chi connectivity index (χ0n) is 7.46. The Labute approximate surface area is 76.6 Å². The minimum atomic E-state index is -0.454. The van der Waals surface area contributed by atoms with Gasteiger partial charge in [0.2, 0.25) is 0 Å². The molecule has 70 valence electrons. The molecule has 0 aromatic heterocycles. The van der Waals surface area contributed by atoms with Crippen LogP contribution in [0.1, 0.15) is 12.5 Å². The summed E-state index contributed by atoms with van der Waals surface area (Å²) in [6.45, 7) is 1.64. The largest absolute Gasteiger partial charge is 0.322 e.